The molecule has 3 aromatic rings. The summed E-state index contributed by atoms with van der Waals surface area (Å²) in [6.07, 6.45) is 7.22. The van der Waals surface area contributed by atoms with Crippen molar-refractivity contribution < 1.29 is 4.79 Å². The first-order valence-corrected chi connectivity index (χ1v) is 10.5. The van der Waals surface area contributed by atoms with Crippen molar-refractivity contribution >= 4 is 5.78 Å². The number of carbonyl (C=O) groups is 1. The summed E-state index contributed by atoms with van der Waals surface area (Å²) in [6, 6.07) is 10.7. The van der Waals surface area contributed by atoms with E-state index in [0.717, 1.165) is 42.0 Å². The standard InChI is InChI=1S/C24H26N4O/c1-15-20-10-9-19-22(17-13-25-28(3)14-17)26-16(2)27-23(19)24(20,12-11-21(15)29)18-7-5-4-6-8-18/h4-8,13-15,20H,9-12H2,1-3H3/t15-,20-,24+/m0/s1. The van der Waals surface area contributed by atoms with Gasteiger partial charge < -0.3 is 0 Å². The van der Waals surface area contributed by atoms with Crippen LogP contribution in [0.2, 0.25) is 0 Å². The van der Waals surface area contributed by atoms with Crippen LogP contribution in [-0.2, 0) is 23.7 Å². The van der Waals surface area contributed by atoms with Gasteiger partial charge in [-0.1, -0.05) is 37.3 Å². The lowest BCUT2D eigenvalue weighted by atomic mass is 9.52. The molecule has 148 valence electrons. The zero-order chi connectivity index (χ0) is 20.2. The predicted molar refractivity (Wildman–Crippen MR) is 111 cm³/mol. The van der Waals surface area contributed by atoms with E-state index in [1.54, 1.807) is 0 Å². The lowest BCUT2D eigenvalue weighted by Crippen LogP contribution is -2.50. The number of hydrogen-bond donors (Lipinski definition) is 0. The van der Waals surface area contributed by atoms with Crippen molar-refractivity contribution in [3.05, 3.63) is 65.4 Å². The van der Waals surface area contributed by atoms with Crippen LogP contribution in [0.5, 0.6) is 0 Å². The molecule has 0 N–H and O–H groups in total. The topological polar surface area (TPSA) is 60.7 Å². The van der Waals surface area contributed by atoms with E-state index in [1.807, 2.05) is 31.0 Å². The molecule has 2 aliphatic carbocycles. The summed E-state index contributed by atoms with van der Waals surface area (Å²) in [7, 11) is 1.93. The number of Topliss-reactive ketones (excluding diaryl/α,β-unsaturated/α-hetero) is 1. The second kappa shape index (κ2) is 6.61. The van der Waals surface area contributed by atoms with E-state index >= 15 is 0 Å². The molecular weight excluding hydrogens is 360 g/mol. The van der Waals surface area contributed by atoms with E-state index < -0.39 is 0 Å². The first-order chi connectivity index (χ1) is 14.0. The molecule has 0 aliphatic heterocycles. The Labute approximate surface area is 171 Å². The summed E-state index contributed by atoms with van der Waals surface area (Å²) in [4.78, 5) is 22.5. The maximum Gasteiger partial charge on any atom is 0.136 e. The van der Waals surface area contributed by atoms with Gasteiger partial charge >= 0.3 is 0 Å². The molecule has 0 saturated heterocycles. The molecule has 5 rings (SSSR count). The number of aromatic nitrogens is 4. The van der Waals surface area contributed by atoms with Crippen molar-refractivity contribution in [3.8, 4) is 11.3 Å². The van der Waals surface area contributed by atoms with Gasteiger partial charge in [0.15, 0.2) is 0 Å². The largest absolute Gasteiger partial charge is 0.299 e. The number of benzene rings is 1. The average molecular weight is 386 g/mol. The van der Waals surface area contributed by atoms with Gasteiger partial charge in [-0.25, -0.2) is 9.97 Å². The van der Waals surface area contributed by atoms with Crippen molar-refractivity contribution in [2.24, 2.45) is 18.9 Å². The molecule has 1 aromatic carbocycles. The van der Waals surface area contributed by atoms with Crippen LogP contribution < -0.4 is 0 Å². The maximum absolute atomic E-state index is 12.6. The van der Waals surface area contributed by atoms with Crippen LogP contribution in [0, 0.1) is 18.8 Å². The van der Waals surface area contributed by atoms with E-state index in [1.165, 1.54) is 11.1 Å². The Bertz CT molecular complexity index is 1090. The normalized spacial score (nSPS) is 26.1. The van der Waals surface area contributed by atoms with Gasteiger partial charge in [0.2, 0.25) is 0 Å². The van der Waals surface area contributed by atoms with Gasteiger partial charge in [0, 0.05) is 42.1 Å². The van der Waals surface area contributed by atoms with Crippen LogP contribution in [0.15, 0.2) is 42.7 Å². The van der Waals surface area contributed by atoms with Gasteiger partial charge in [0.25, 0.3) is 0 Å². The molecule has 2 aliphatic rings. The Balaban J connectivity index is 1.80. The number of nitrogens with zero attached hydrogens (tertiary/aromatic N) is 4. The highest BCUT2D eigenvalue weighted by Crippen LogP contribution is 2.55. The van der Waals surface area contributed by atoms with Crippen LogP contribution >= 0.6 is 0 Å². The van der Waals surface area contributed by atoms with Gasteiger partial charge in [-0.15, -0.1) is 0 Å². The van der Waals surface area contributed by atoms with Gasteiger partial charge in [-0.05, 0) is 37.7 Å². The first-order valence-electron chi connectivity index (χ1n) is 10.5. The number of hydrogen-bond acceptors (Lipinski definition) is 4. The highest BCUT2D eigenvalue weighted by Gasteiger charge is 2.53. The number of carbonyl (C=O) groups excluding carboxylic acids is 1. The summed E-state index contributed by atoms with van der Waals surface area (Å²) < 4.78 is 1.82. The van der Waals surface area contributed by atoms with E-state index in [0.29, 0.717) is 12.2 Å². The molecule has 0 amide bonds. The minimum Gasteiger partial charge on any atom is -0.299 e. The summed E-state index contributed by atoms with van der Waals surface area (Å²) in [5.41, 5.74) is 5.44. The molecule has 1 saturated carbocycles. The minimum absolute atomic E-state index is 0.0502. The molecule has 3 atom stereocenters. The van der Waals surface area contributed by atoms with Gasteiger partial charge in [-0.3, -0.25) is 9.48 Å². The van der Waals surface area contributed by atoms with Crippen molar-refractivity contribution in [1.29, 1.82) is 0 Å². The summed E-state index contributed by atoms with van der Waals surface area (Å²) in [6.45, 7) is 4.09. The van der Waals surface area contributed by atoms with Crippen LogP contribution in [0.4, 0.5) is 0 Å². The van der Waals surface area contributed by atoms with Crippen LogP contribution in [0.3, 0.4) is 0 Å². The molecule has 5 heteroatoms. The van der Waals surface area contributed by atoms with Crippen molar-refractivity contribution in [1.82, 2.24) is 19.7 Å². The van der Waals surface area contributed by atoms with Crippen LogP contribution in [0.1, 0.15) is 48.8 Å². The van der Waals surface area contributed by atoms with Crippen LogP contribution in [0.25, 0.3) is 11.3 Å². The fourth-order valence-corrected chi connectivity index (χ4v) is 5.69. The molecule has 1 fully saturated rings. The SMILES string of the molecule is Cc1nc(-c2cnn(C)c2)c2c(n1)[C@@]1(c3ccccc3)CCC(=O)[C@@H](C)[C@@H]1CC2. The van der Waals surface area contributed by atoms with E-state index in [2.05, 4.69) is 42.4 Å². The van der Waals surface area contributed by atoms with E-state index in [9.17, 15) is 4.79 Å². The predicted octanol–water partition coefficient (Wildman–Crippen LogP) is 4.03. The fraction of sp³-hybridized carbons (Fsp3) is 0.417. The molecular formula is C24H26N4O. The Morgan fingerprint density at radius 1 is 1.14 bits per heavy atom. The van der Waals surface area contributed by atoms with Crippen molar-refractivity contribution in [2.45, 2.75) is 44.9 Å². The Hall–Kier alpha value is -2.82. The molecule has 0 spiro atoms. The molecule has 0 bridgehead atoms. The van der Waals surface area contributed by atoms with Crippen molar-refractivity contribution in [2.75, 3.05) is 0 Å². The number of rotatable bonds is 2. The monoisotopic (exact) mass is 386 g/mol. The Morgan fingerprint density at radius 2 is 1.93 bits per heavy atom. The van der Waals surface area contributed by atoms with E-state index in [4.69, 9.17) is 9.97 Å². The summed E-state index contributed by atoms with van der Waals surface area (Å²) in [5, 5.41) is 4.36. The summed E-state index contributed by atoms with van der Waals surface area (Å²) in [5.74, 6) is 1.50. The fourth-order valence-electron chi connectivity index (χ4n) is 5.69. The Kier molecular flexibility index (Phi) is 4.16. The highest BCUT2D eigenvalue weighted by molar-refractivity contribution is 5.83. The van der Waals surface area contributed by atoms with E-state index in [-0.39, 0.29) is 17.3 Å². The highest BCUT2D eigenvalue weighted by atomic mass is 16.1. The number of ketones is 1. The summed E-state index contributed by atoms with van der Waals surface area (Å²) >= 11 is 0. The zero-order valence-electron chi connectivity index (χ0n) is 17.2. The third-order valence-electron chi connectivity index (χ3n) is 7.02. The second-order valence-corrected chi connectivity index (χ2v) is 8.59. The first kappa shape index (κ1) is 18.2. The molecule has 0 unspecified atom stereocenters. The van der Waals surface area contributed by atoms with Gasteiger partial charge in [0.05, 0.1) is 17.6 Å². The molecule has 0 radical (unpaired) electrons. The number of fused-ring (bicyclic) bond motifs is 3. The zero-order valence-corrected chi connectivity index (χ0v) is 17.2. The molecule has 2 heterocycles. The number of aryl methyl sites for hydroxylation is 2. The maximum atomic E-state index is 12.6. The van der Waals surface area contributed by atoms with Gasteiger partial charge in [-0.2, -0.15) is 5.10 Å². The lowest BCUT2D eigenvalue weighted by Gasteiger charge is -2.50. The molecule has 2 aromatic heterocycles. The second-order valence-electron chi connectivity index (χ2n) is 8.59. The van der Waals surface area contributed by atoms with Crippen LogP contribution in [-0.4, -0.2) is 25.5 Å². The molecule has 5 nitrogen and oxygen atoms in total. The van der Waals surface area contributed by atoms with Crippen molar-refractivity contribution in [3.63, 3.8) is 0 Å². The smallest absolute Gasteiger partial charge is 0.136 e. The molecule has 29 heavy (non-hydrogen) atoms. The quantitative estimate of drug-likeness (QED) is 0.667. The van der Waals surface area contributed by atoms with Gasteiger partial charge in [0.1, 0.15) is 11.6 Å². The third-order valence-corrected chi connectivity index (χ3v) is 7.02. The average Bonchev–Trinajstić information content (AvgIpc) is 3.17. The third kappa shape index (κ3) is 2.67. The Morgan fingerprint density at radius 3 is 2.66 bits per heavy atom. The lowest BCUT2D eigenvalue weighted by molar-refractivity contribution is -0.128. The minimum atomic E-state index is -0.229.